The maximum absolute atomic E-state index is 5.14. The first-order valence-electron chi connectivity index (χ1n) is 10.8. The Labute approximate surface area is 181 Å². The summed E-state index contributed by atoms with van der Waals surface area (Å²) >= 11 is 0. The van der Waals surface area contributed by atoms with E-state index in [1.54, 1.807) is 0 Å². The van der Waals surface area contributed by atoms with Gasteiger partial charge in [0.05, 0.1) is 22.8 Å². The van der Waals surface area contributed by atoms with Crippen molar-refractivity contribution in [3.8, 4) is 0 Å². The molecule has 0 radical (unpaired) electrons. The molecule has 3 aromatic rings. The van der Waals surface area contributed by atoms with Crippen LogP contribution < -0.4 is 0 Å². The molecule has 0 aliphatic rings. The fourth-order valence-corrected chi connectivity index (χ4v) is 3.49. The first kappa shape index (κ1) is 21.7. The van der Waals surface area contributed by atoms with E-state index in [0.29, 0.717) is 0 Å². The second-order valence-electron chi connectivity index (χ2n) is 8.04. The van der Waals surface area contributed by atoms with Crippen LogP contribution in [0.1, 0.15) is 47.6 Å². The van der Waals surface area contributed by atoms with Crippen molar-refractivity contribution in [2.75, 3.05) is 0 Å². The summed E-state index contributed by atoms with van der Waals surface area (Å²) in [6.45, 7) is 10.7. The van der Waals surface area contributed by atoms with Crippen molar-refractivity contribution < 1.29 is 0 Å². The Morgan fingerprint density at radius 3 is 1.73 bits per heavy atom. The number of aryl methyl sites for hydroxylation is 5. The highest BCUT2D eigenvalue weighted by Gasteiger charge is 2.11. The minimum Gasteiger partial charge on any atom is -0.251 e. The summed E-state index contributed by atoms with van der Waals surface area (Å²) in [5.41, 5.74) is 10.4. The van der Waals surface area contributed by atoms with Crippen LogP contribution in [0.25, 0.3) is 0 Å². The van der Waals surface area contributed by atoms with Gasteiger partial charge in [-0.1, -0.05) is 61.5 Å². The summed E-state index contributed by atoms with van der Waals surface area (Å²) < 4.78 is 0. The third-order valence-electron chi connectivity index (χ3n) is 5.40. The van der Waals surface area contributed by atoms with E-state index in [4.69, 9.17) is 9.98 Å². The van der Waals surface area contributed by atoms with E-state index in [1.165, 1.54) is 27.8 Å². The quantitative estimate of drug-likeness (QED) is 0.364. The highest BCUT2D eigenvalue weighted by molar-refractivity contribution is 6.43. The average Bonchev–Trinajstić information content (AvgIpc) is 2.75. The van der Waals surface area contributed by atoms with Gasteiger partial charge >= 0.3 is 0 Å². The number of hydrogen-bond acceptors (Lipinski definition) is 2. The summed E-state index contributed by atoms with van der Waals surface area (Å²) in [4.78, 5) is 10.2. The van der Waals surface area contributed by atoms with Crippen molar-refractivity contribution in [1.29, 1.82) is 0 Å². The summed E-state index contributed by atoms with van der Waals surface area (Å²) in [5.74, 6) is 0. The molecular weight excluding hydrogens is 364 g/mol. The largest absolute Gasteiger partial charge is 0.251 e. The summed E-state index contributed by atoms with van der Waals surface area (Å²) in [7, 11) is 0. The van der Waals surface area contributed by atoms with Crippen LogP contribution in [0.15, 0.2) is 76.7 Å². The molecule has 2 heteroatoms. The molecule has 0 N–H and O–H groups in total. The van der Waals surface area contributed by atoms with E-state index in [0.717, 1.165) is 42.1 Å². The molecule has 0 fully saturated rings. The van der Waals surface area contributed by atoms with Gasteiger partial charge in [0.25, 0.3) is 0 Å². The maximum Gasteiger partial charge on any atom is 0.0665 e. The summed E-state index contributed by atoms with van der Waals surface area (Å²) in [5, 5.41) is 0. The third-order valence-corrected chi connectivity index (χ3v) is 5.40. The smallest absolute Gasteiger partial charge is 0.0665 e. The molecule has 0 aromatic heterocycles. The first-order valence-corrected chi connectivity index (χ1v) is 10.8. The molecule has 0 spiro atoms. The summed E-state index contributed by atoms with van der Waals surface area (Å²) in [6, 6.07) is 23.5. The monoisotopic (exact) mass is 396 g/mol. The van der Waals surface area contributed by atoms with Gasteiger partial charge in [-0.15, -0.1) is 0 Å². The molecule has 0 aliphatic carbocycles. The predicted molar refractivity (Wildman–Crippen MR) is 131 cm³/mol. The molecule has 0 saturated carbocycles. The minimum absolute atomic E-state index is 0.853. The Morgan fingerprint density at radius 1 is 0.667 bits per heavy atom. The lowest BCUT2D eigenvalue weighted by molar-refractivity contribution is 1.04. The average molecular weight is 397 g/mol. The fraction of sp³-hybridized carbons (Fsp3) is 0.286. The molecule has 0 aliphatic heterocycles. The lowest BCUT2D eigenvalue weighted by atomic mass is 10.0. The molecule has 0 heterocycles. The Kier molecular flexibility index (Phi) is 7.35. The van der Waals surface area contributed by atoms with Gasteiger partial charge in [-0.2, -0.15) is 0 Å². The topological polar surface area (TPSA) is 24.7 Å². The van der Waals surface area contributed by atoms with E-state index >= 15 is 0 Å². The first-order chi connectivity index (χ1) is 14.5. The van der Waals surface area contributed by atoms with Crippen LogP contribution in [0.3, 0.4) is 0 Å². The highest BCUT2D eigenvalue weighted by Crippen LogP contribution is 2.24. The second-order valence-corrected chi connectivity index (χ2v) is 8.04. The zero-order valence-corrected chi connectivity index (χ0v) is 18.9. The fourth-order valence-electron chi connectivity index (χ4n) is 3.49. The van der Waals surface area contributed by atoms with Crippen LogP contribution in [-0.4, -0.2) is 11.4 Å². The Hall–Kier alpha value is -3.00. The Balaban J connectivity index is 2.04. The van der Waals surface area contributed by atoms with E-state index in [-0.39, 0.29) is 0 Å². The van der Waals surface area contributed by atoms with E-state index < -0.39 is 0 Å². The zero-order valence-electron chi connectivity index (χ0n) is 18.9. The van der Waals surface area contributed by atoms with Crippen molar-refractivity contribution in [1.82, 2.24) is 0 Å². The standard InChI is InChI=1S/C28H32N2/c1-6-25(29-27-18-20(2)12-14-22(27)4)26(17-16-24-10-8-7-9-11-24)30-28-19-21(3)13-15-23(28)5/h7-15,18-19H,6,16-17H2,1-5H3. The molecule has 3 aromatic carbocycles. The van der Waals surface area contributed by atoms with Crippen molar-refractivity contribution in [3.63, 3.8) is 0 Å². The lowest BCUT2D eigenvalue weighted by Gasteiger charge is -2.12. The van der Waals surface area contributed by atoms with Crippen LogP contribution in [-0.2, 0) is 6.42 Å². The minimum atomic E-state index is 0.853. The van der Waals surface area contributed by atoms with Gasteiger partial charge in [-0.3, -0.25) is 9.98 Å². The lowest BCUT2D eigenvalue weighted by Crippen LogP contribution is -2.14. The SMILES string of the molecule is CCC(=Nc1cc(C)ccc1C)C(CCc1ccccc1)=Nc1cc(C)ccc1C. The molecule has 154 valence electrons. The zero-order chi connectivity index (χ0) is 21.5. The Morgan fingerprint density at radius 2 is 1.20 bits per heavy atom. The number of nitrogens with zero attached hydrogens (tertiary/aromatic N) is 2. The normalized spacial score (nSPS) is 12.3. The van der Waals surface area contributed by atoms with Gasteiger partial charge in [0.1, 0.15) is 0 Å². The van der Waals surface area contributed by atoms with Crippen molar-refractivity contribution in [3.05, 3.63) is 94.5 Å². The predicted octanol–water partition coefficient (Wildman–Crippen LogP) is 7.81. The van der Waals surface area contributed by atoms with Crippen molar-refractivity contribution in [2.45, 2.75) is 53.9 Å². The van der Waals surface area contributed by atoms with Crippen LogP contribution in [0, 0.1) is 27.7 Å². The van der Waals surface area contributed by atoms with Crippen LogP contribution in [0.4, 0.5) is 11.4 Å². The van der Waals surface area contributed by atoms with E-state index in [9.17, 15) is 0 Å². The maximum atomic E-state index is 5.14. The van der Waals surface area contributed by atoms with Crippen LogP contribution >= 0.6 is 0 Å². The van der Waals surface area contributed by atoms with Crippen molar-refractivity contribution >= 4 is 22.8 Å². The van der Waals surface area contributed by atoms with Gasteiger partial charge in [0, 0.05) is 0 Å². The molecule has 2 nitrogen and oxygen atoms in total. The number of hydrogen-bond donors (Lipinski definition) is 0. The number of aliphatic imine (C=N–C) groups is 2. The van der Waals surface area contributed by atoms with Crippen molar-refractivity contribution in [2.24, 2.45) is 9.98 Å². The van der Waals surface area contributed by atoms with E-state index in [2.05, 4.69) is 101 Å². The molecule has 30 heavy (non-hydrogen) atoms. The van der Waals surface area contributed by atoms with Gasteiger partial charge in [-0.25, -0.2) is 0 Å². The Bertz CT molecular complexity index is 1060. The highest BCUT2D eigenvalue weighted by atomic mass is 14.8. The third kappa shape index (κ3) is 5.76. The molecule has 0 bridgehead atoms. The van der Waals surface area contributed by atoms with Gasteiger partial charge < -0.3 is 0 Å². The molecule has 3 rings (SSSR count). The number of benzene rings is 3. The molecule has 0 amide bonds. The molecule has 0 unspecified atom stereocenters. The van der Waals surface area contributed by atoms with Crippen LogP contribution in [0.5, 0.6) is 0 Å². The molecule has 0 saturated heterocycles. The van der Waals surface area contributed by atoms with Gasteiger partial charge in [0.2, 0.25) is 0 Å². The van der Waals surface area contributed by atoms with Crippen LogP contribution in [0.2, 0.25) is 0 Å². The summed E-state index contributed by atoms with van der Waals surface area (Å²) in [6.07, 6.45) is 2.68. The molecule has 0 atom stereocenters. The van der Waals surface area contributed by atoms with Gasteiger partial charge in [0.15, 0.2) is 0 Å². The molecular formula is C28H32N2. The number of rotatable bonds is 7. The van der Waals surface area contributed by atoms with Gasteiger partial charge in [-0.05, 0) is 86.9 Å². The van der Waals surface area contributed by atoms with E-state index in [1.807, 2.05) is 0 Å². The second kappa shape index (κ2) is 10.2.